The molecular weight excluding hydrogens is 310 g/mol. The monoisotopic (exact) mass is 327 g/mol. The minimum Gasteiger partial charge on any atom is -0.491 e. The van der Waals surface area contributed by atoms with Gasteiger partial charge in [-0.3, -0.25) is 0 Å². The van der Waals surface area contributed by atoms with Crippen LogP contribution in [-0.4, -0.2) is 29.8 Å². The van der Waals surface area contributed by atoms with Gasteiger partial charge in [-0.05, 0) is 17.7 Å². The van der Waals surface area contributed by atoms with Crippen LogP contribution in [0.15, 0.2) is 48.5 Å². The fourth-order valence-corrected chi connectivity index (χ4v) is 2.63. The van der Waals surface area contributed by atoms with Crippen molar-refractivity contribution in [3.05, 3.63) is 65.2 Å². The molecule has 1 atom stereocenters. The Bertz CT molecular complexity index is 744. The Morgan fingerprint density at radius 2 is 1.96 bits per heavy atom. The predicted molar refractivity (Wildman–Crippen MR) is 86.2 cm³/mol. The van der Waals surface area contributed by atoms with Gasteiger partial charge in [-0.2, -0.15) is 0 Å². The Labute approximate surface area is 139 Å². The van der Waals surface area contributed by atoms with E-state index in [1.807, 2.05) is 30.3 Å². The molecule has 0 fully saturated rings. The summed E-state index contributed by atoms with van der Waals surface area (Å²) >= 11 is 0. The number of fused-ring (bicyclic) bond motifs is 1. The SMILES string of the molecule is O=C(NC1COc2cccc(C(=O)O)c2C1)OCc1ccccc1. The second kappa shape index (κ2) is 7.04. The van der Waals surface area contributed by atoms with E-state index in [1.165, 1.54) is 6.07 Å². The summed E-state index contributed by atoms with van der Waals surface area (Å²) in [7, 11) is 0. The Kier molecular flexibility index (Phi) is 4.65. The molecule has 3 rings (SSSR count). The number of nitrogens with one attached hydrogen (secondary N) is 1. The van der Waals surface area contributed by atoms with E-state index in [9.17, 15) is 14.7 Å². The summed E-state index contributed by atoms with van der Waals surface area (Å²) in [6, 6.07) is 13.9. The number of carboxylic acids is 1. The lowest BCUT2D eigenvalue weighted by atomic mass is 9.97. The lowest BCUT2D eigenvalue weighted by molar-refractivity contribution is 0.0694. The van der Waals surface area contributed by atoms with Gasteiger partial charge in [-0.25, -0.2) is 9.59 Å². The Hall–Kier alpha value is -3.02. The number of alkyl carbamates (subject to hydrolysis) is 1. The molecular formula is C18H17NO5. The summed E-state index contributed by atoms with van der Waals surface area (Å²) in [4.78, 5) is 23.2. The fourth-order valence-electron chi connectivity index (χ4n) is 2.63. The second-order valence-electron chi connectivity index (χ2n) is 5.51. The van der Waals surface area contributed by atoms with Gasteiger partial charge in [-0.1, -0.05) is 36.4 Å². The maximum atomic E-state index is 11.9. The zero-order chi connectivity index (χ0) is 16.9. The van der Waals surface area contributed by atoms with Gasteiger partial charge < -0.3 is 19.9 Å². The highest BCUT2D eigenvalue weighted by atomic mass is 16.5. The maximum Gasteiger partial charge on any atom is 0.407 e. The van der Waals surface area contributed by atoms with Crippen LogP contribution in [0.1, 0.15) is 21.5 Å². The van der Waals surface area contributed by atoms with Gasteiger partial charge in [0.05, 0.1) is 11.6 Å². The van der Waals surface area contributed by atoms with Crippen molar-refractivity contribution in [2.24, 2.45) is 0 Å². The van der Waals surface area contributed by atoms with Crippen molar-refractivity contribution in [1.82, 2.24) is 5.32 Å². The average Bonchev–Trinajstić information content (AvgIpc) is 2.60. The van der Waals surface area contributed by atoms with Crippen LogP contribution >= 0.6 is 0 Å². The van der Waals surface area contributed by atoms with Crippen LogP contribution in [0.4, 0.5) is 4.79 Å². The molecule has 0 aliphatic carbocycles. The first-order valence-corrected chi connectivity index (χ1v) is 7.58. The van der Waals surface area contributed by atoms with E-state index in [0.717, 1.165) is 5.56 Å². The van der Waals surface area contributed by atoms with Gasteiger partial charge in [-0.15, -0.1) is 0 Å². The van der Waals surface area contributed by atoms with Gasteiger partial charge in [0.2, 0.25) is 0 Å². The van der Waals surface area contributed by atoms with Crippen molar-refractivity contribution >= 4 is 12.1 Å². The normalized spacial score (nSPS) is 15.8. The van der Waals surface area contributed by atoms with Crippen molar-refractivity contribution in [3.8, 4) is 5.75 Å². The molecule has 0 bridgehead atoms. The molecule has 2 N–H and O–H groups in total. The van der Waals surface area contributed by atoms with Crippen molar-refractivity contribution in [3.63, 3.8) is 0 Å². The standard InChI is InChI=1S/C18H17NO5/c20-17(21)14-7-4-8-16-15(14)9-13(11-23-16)19-18(22)24-10-12-5-2-1-3-6-12/h1-8,13H,9-11H2,(H,19,22)(H,20,21). The molecule has 1 amide bonds. The van der Waals surface area contributed by atoms with Crippen LogP contribution in [0.25, 0.3) is 0 Å². The van der Waals surface area contributed by atoms with E-state index in [2.05, 4.69) is 5.32 Å². The number of aromatic carboxylic acids is 1. The molecule has 2 aromatic rings. The largest absolute Gasteiger partial charge is 0.491 e. The number of amides is 1. The van der Waals surface area contributed by atoms with Gasteiger partial charge in [0.15, 0.2) is 0 Å². The summed E-state index contributed by atoms with van der Waals surface area (Å²) in [5, 5.41) is 12.0. The molecule has 0 radical (unpaired) electrons. The van der Waals surface area contributed by atoms with Crippen LogP contribution in [-0.2, 0) is 17.8 Å². The first-order valence-electron chi connectivity index (χ1n) is 7.58. The summed E-state index contributed by atoms with van der Waals surface area (Å²) in [6.07, 6.45) is -0.165. The van der Waals surface area contributed by atoms with Crippen LogP contribution < -0.4 is 10.1 Å². The smallest absolute Gasteiger partial charge is 0.407 e. The molecule has 1 unspecified atom stereocenters. The predicted octanol–water partition coefficient (Wildman–Crippen LogP) is 2.61. The van der Waals surface area contributed by atoms with Crippen molar-refractivity contribution in [2.45, 2.75) is 19.1 Å². The highest BCUT2D eigenvalue weighted by Gasteiger charge is 2.25. The summed E-state index contributed by atoms with van der Waals surface area (Å²) in [5.41, 5.74) is 1.67. The van der Waals surface area contributed by atoms with Crippen molar-refractivity contribution in [1.29, 1.82) is 0 Å². The molecule has 1 aliphatic rings. The highest BCUT2D eigenvalue weighted by molar-refractivity contribution is 5.90. The van der Waals surface area contributed by atoms with E-state index in [1.54, 1.807) is 12.1 Å². The first kappa shape index (κ1) is 15.9. The molecule has 24 heavy (non-hydrogen) atoms. The molecule has 6 nitrogen and oxygen atoms in total. The minimum atomic E-state index is -1.01. The zero-order valence-electron chi connectivity index (χ0n) is 12.9. The second-order valence-corrected chi connectivity index (χ2v) is 5.51. The number of carbonyl (C=O) groups excluding carboxylic acids is 1. The summed E-state index contributed by atoms with van der Waals surface area (Å²) < 4.78 is 10.7. The van der Waals surface area contributed by atoms with E-state index < -0.39 is 12.1 Å². The number of hydrogen-bond donors (Lipinski definition) is 2. The molecule has 0 spiro atoms. The van der Waals surface area contributed by atoms with E-state index in [4.69, 9.17) is 9.47 Å². The first-order chi connectivity index (χ1) is 11.6. The van der Waals surface area contributed by atoms with Gasteiger partial charge >= 0.3 is 12.1 Å². The molecule has 0 saturated carbocycles. The number of rotatable bonds is 4. The summed E-state index contributed by atoms with van der Waals surface area (Å²) in [5.74, 6) is -0.464. The molecule has 124 valence electrons. The average molecular weight is 327 g/mol. The molecule has 1 heterocycles. The quantitative estimate of drug-likeness (QED) is 0.902. The maximum absolute atomic E-state index is 11.9. The Balaban J connectivity index is 1.59. The van der Waals surface area contributed by atoms with Crippen LogP contribution in [0.3, 0.4) is 0 Å². The molecule has 2 aromatic carbocycles. The van der Waals surface area contributed by atoms with Crippen molar-refractivity contribution in [2.75, 3.05) is 6.61 Å². The topological polar surface area (TPSA) is 84.9 Å². The van der Waals surface area contributed by atoms with Crippen molar-refractivity contribution < 1.29 is 24.2 Å². The number of ether oxygens (including phenoxy) is 2. The van der Waals surface area contributed by atoms with Crippen LogP contribution in [0.2, 0.25) is 0 Å². The zero-order valence-corrected chi connectivity index (χ0v) is 12.9. The lowest BCUT2D eigenvalue weighted by Gasteiger charge is -2.26. The third-order valence-electron chi connectivity index (χ3n) is 3.79. The molecule has 0 saturated heterocycles. The summed E-state index contributed by atoms with van der Waals surface area (Å²) in [6.45, 7) is 0.452. The molecule has 1 aliphatic heterocycles. The third kappa shape index (κ3) is 3.65. The van der Waals surface area contributed by atoms with Crippen LogP contribution in [0.5, 0.6) is 5.75 Å². The molecule has 6 heteroatoms. The number of hydrogen-bond acceptors (Lipinski definition) is 4. The Morgan fingerprint density at radius 3 is 2.71 bits per heavy atom. The van der Waals surface area contributed by atoms with E-state index in [-0.39, 0.29) is 24.8 Å². The lowest BCUT2D eigenvalue weighted by Crippen LogP contribution is -2.43. The van der Waals surface area contributed by atoms with Gasteiger partial charge in [0, 0.05) is 12.0 Å². The number of carbonyl (C=O) groups is 2. The van der Waals surface area contributed by atoms with Gasteiger partial charge in [0.25, 0.3) is 0 Å². The van der Waals surface area contributed by atoms with Crippen LogP contribution in [0, 0.1) is 0 Å². The number of carboxylic acid groups (broad SMARTS) is 1. The third-order valence-corrected chi connectivity index (χ3v) is 3.79. The number of benzene rings is 2. The Morgan fingerprint density at radius 1 is 1.17 bits per heavy atom. The minimum absolute atomic E-state index is 0.178. The van der Waals surface area contributed by atoms with E-state index in [0.29, 0.717) is 17.7 Å². The highest BCUT2D eigenvalue weighted by Crippen LogP contribution is 2.28. The van der Waals surface area contributed by atoms with Gasteiger partial charge in [0.1, 0.15) is 19.0 Å². The molecule has 0 aromatic heterocycles. The fraction of sp³-hybridized carbons (Fsp3) is 0.222. The van der Waals surface area contributed by atoms with E-state index >= 15 is 0 Å².